The fourth-order valence-corrected chi connectivity index (χ4v) is 1.64. The van der Waals surface area contributed by atoms with Gasteiger partial charge in [-0.15, -0.1) is 0 Å². The second-order valence-electron chi connectivity index (χ2n) is 4.45. The van der Waals surface area contributed by atoms with E-state index in [0.717, 1.165) is 5.56 Å². The van der Waals surface area contributed by atoms with Gasteiger partial charge >= 0.3 is 5.97 Å². The summed E-state index contributed by atoms with van der Waals surface area (Å²) < 4.78 is 0. The Morgan fingerprint density at radius 1 is 1.28 bits per heavy atom. The summed E-state index contributed by atoms with van der Waals surface area (Å²) in [5.41, 5.74) is 1.69. The first-order valence-corrected chi connectivity index (χ1v) is 6.04. The van der Waals surface area contributed by atoms with Crippen molar-refractivity contribution in [2.45, 2.75) is 20.8 Å². The highest BCUT2D eigenvalue weighted by atomic mass is 16.4. The molecule has 98 valence electrons. The summed E-state index contributed by atoms with van der Waals surface area (Å²) in [4.78, 5) is 24.6. The molecule has 0 bridgehead atoms. The monoisotopic (exact) mass is 249 g/mol. The van der Waals surface area contributed by atoms with Crippen LogP contribution >= 0.6 is 0 Å². The van der Waals surface area contributed by atoms with Crippen LogP contribution in [0.15, 0.2) is 24.3 Å². The molecule has 0 fully saturated rings. The minimum absolute atomic E-state index is 0.120. The fourth-order valence-electron chi connectivity index (χ4n) is 1.64. The van der Waals surface area contributed by atoms with Crippen LogP contribution in [0.3, 0.4) is 0 Å². The van der Waals surface area contributed by atoms with Crippen molar-refractivity contribution in [1.29, 1.82) is 0 Å². The zero-order valence-corrected chi connectivity index (χ0v) is 11.0. The minimum Gasteiger partial charge on any atom is -0.481 e. The molecule has 1 aromatic carbocycles. The standard InChI is InChI=1S/C14H19NO3/c1-4-15(9-11(3)14(17)18)13(16)12-7-5-10(2)6-8-12/h5-8,11H,4,9H2,1-3H3,(H,17,18). The zero-order valence-electron chi connectivity index (χ0n) is 11.0. The van der Waals surface area contributed by atoms with E-state index in [1.807, 2.05) is 26.0 Å². The Labute approximate surface area is 107 Å². The molecule has 1 aromatic rings. The average molecular weight is 249 g/mol. The summed E-state index contributed by atoms with van der Waals surface area (Å²) in [6.07, 6.45) is 0. The molecule has 0 saturated heterocycles. The smallest absolute Gasteiger partial charge is 0.308 e. The summed E-state index contributed by atoms with van der Waals surface area (Å²) in [5.74, 6) is -1.56. The van der Waals surface area contributed by atoms with Gasteiger partial charge in [-0.05, 0) is 26.0 Å². The summed E-state index contributed by atoms with van der Waals surface area (Å²) in [6.45, 7) is 6.15. The molecule has 1 N–H and O–H groups in total. The Balaban J connectivity index is 2.79. The average Bonchev–Trinajstić information content (AvgIpc) is 2.35. The molecule has 0 heterocycles. The van der Waals surface area contributed by atoms with Gasteiger partial charge in [0.05, 0.1) is 5.92 Å². The quantitative estimate of drug-likeness (QED) is 0.870. The molecule has 0 aliphatic heterocycles. The molecule has 0 radical (unpaired) electrons. The first-order valence-electron chi connectivity index (χ1n) is 6.04. The van der Waals surface area contributed by atoms with Gasteiger partial charge in [-0.3, -0.25) is 9.59 Å². The van der Waals surface area contributed by atoms with Crippen LogP contribution in [0.25, 0.3) is 0 Å². The first-order chi connectivity index (χ1) is 8.45. The molecule has 1 atom stereocenters. The number of rotatable bonds is 5. The summed E-state index contributed by atoms with van der Waals surface area (Å²) in [7, 11) is 0. The van der Waals surface area contributed by atoms with Gasteiger partial charge in [0, 0.05) is 18.7 Å². The number of hydrogen-bond acceptors (Lipinski definition) is 2. The molecule has 1 unspecified atom stereocenters. The molecule has 0 aliphatic rings. The van der Waals surface area contributed by atoms with Crippen molar-refractivity contribution in [2.24, 2.45) is 5.92 Å². The summed E-state index contributed by atoms with van der Waals surface area (Å²) in [6, 6.07) is 7.29. The van der Waals surface area contributed by atoms with Crippen molar-refractivity contribution < 1.29 is 14.7 Å². The van der Waals surface area contributed by atoms with Gasteiger partial charge in [0.25, 0.3) is 5.91 Å². The lowest BCUT2D eigenvalue weighted by atomic mass is 10.1. The lowest BCUT2D eigenvalue weighted by Crippen LogP contribution is -2.36. The van der Waals surface area contributed by atoms with Gasteiger partial charge in [0.15, 0.2) is 0 Å². The van der Waals surface area contributed by atoms with E-state index < -0.39 is 11.9 Å². The molecule has 18 heavy (non-hydrogen) atoms. The predicted molar refractivity (Wildman–Crippen MR) is 69.6 cm³/mol. The lowest BCUT2D eigenvalue weighted by molar-refractivity contribution is -0.141. The maximum Gasteiger partial charge on any atom is 0.308 e. The molecule has 4 heteroatoms. The van der Waals surface area contributed by atoms with E-state index in [1.165, 1.54) is 0 Å². The Kier molecular flexibility index (Phi) is 4.89. The van der Waals surface area contributed by atoms with Gasteiger partial charge < -0.3 is 10.0 Å². The van der Waals surface area contributed by atoms with Crippen molar-refractivity contribution in [2.75, 3.05) is 13.1 Å². The zero-order chi connectivity index (χ0) is 13.7. The molecular formula is C14H19NO3. The van der Waals surface area contributed by atoms with Crippen LogP contribution in [-0.2, 0) is 4.79 Å². The Morgan fingerprint density at radius 2 is 1.83 bits per heavy atom. The van der Waals surface area contributed by atoms with Crippen LogP contribution in [0.4, 0.5) is 0 Å². The highest BCUT2D eigenvalue weighted by Crippen LogP contribution is 2.09. The van der Waals surface area contributed by atoms with Crippen LogP contribution in [0, 0.1) is 12.8 Å². The largest absolute Gasteiger partial charge is 0.481 e. The van der Waals surface area contributed by atoms with E-state index in [-0.39, 0.29) is 12.5 Å². The minimum atomic E-state index is -0.884. The topological polar surface area (TPSA) is 57.6 Å². The molecule has 1 rings (SSSR count). The third kappa shape index (κ3) is 3.58. The van der Waals surface area contributed by atoms with Crippen LogP contribution in [0.5, 0.6) is 0 Å². The Hall–Kier alpha value is -1.84. The van der Waals surface area contributed by atoms with E-state index in [0.29, 0.717) is 12.1 Å². The Bertz CT molecular complexity index is 425. The van der Waals surface area contributed by atoms with E-state index in [9.17, 15) is 9.59 Å². The van der Waals surface area contributed by atoms with Crippen molar-refractivity contribution >= 4 is 11.9 Å². The normalized spacial score (nSPS) is 11.9. The van der Waals surface area contributed by atoms with Gasteiger partial charge in [-0.1, -0.05) is 24.6 Å². The second-order valence-corrected chi connectivity index (χ2v) is 4.45. The fraction of sp³-hybridized carbons (Fsp3) is 0.429. The van der Waals surface area contributed by atoms with Crippen molar-refractivity contribution in [1.82, 2.24) is 4.90 Å². The van der Waals surface area contributed by atoms with Gasteiger partial charge in [-0.25, -0.2) is 0 Å². The van der Waals surface area contributed by atoms with E-state index in [1.54, 1.807) is 24.0 Å². The number of carbonyl (C=O) groups excluding carboxylic acids is 1. The van der Waals surface area contributed by atoms with Crippen LogP contribution in [0.1, 0.15) is 29.8 Å². The van der Waals surface area contributed by atoms with Crippen molar-refractivity contribution in [3.05, 3.63) is 35.4 Å². The maximum atomic E-state index is 12.2. The number of hydrogen-bond donors (Lipinski definition) is 1. The van der Waals surface area contributed by atoms with E-state index in [4.69, 9.17) is 5.11 Å². The first kappa shape index (κ1) is 14.2. The third-order valence-corrected chi connectivity index (χ3v) is 2.88. The highest BCUT2D eigenvalue weighted by Gasteiger charge is 2.20. The van der Waals surface area contributed by atoms with Gasteiger partial charge in [0.1, 0.15) is 0 Å². The summed E-state index contributed by atoms with van der Waals surface area (Å²) >= 11 is 0. The Morgan fingerprint density at radius 3 is 2.28 bits per heavy atom. The molecular weight excluding hydrogens is 230 g/mol. The summed E-state index contributed by atoms with van der Waals surface area (Å²) in [5, 5.41) is 8.88. The third-order valence-electron chi connectivity index (χ3n) is 2.88. The molecule has 0 aromatic heterocycles. The van der Waals surface area contributed by atoms with Crippen LogP contribution in [0.2, 0.25) is 0 Å². The highest BCUT2D eigenvalue weighted by molar-refractivity contribution is 5.94. The molecule has 0 aliphatic carbocycles. The predicted octanol–water partition coefficient (Wildman–Crippen LogP) is 2.18. The number of amides is 1. The molecule has 0 saturated carbocycles. The molecule has 1 amide bonds. The number of nitrogens with zero attached hydrogens (tertiary/aromatic N) is 1. The number of carboxylic acid groups (broad SMARTS) is 1. The number of benzene rings is 1. The van der Waals surface area contributed by atoms with Crippen molar-refractivity contribution in [3.63, 3.8) is 0 Å². The lowest BCUT2D eigenvalue weighted by Gasteiger charge is -2.23. The van der Waals surface area contributed by atoms with Crippen LogP contribution < -0.4 is 0 Å². The van der Waals surface area contributed by atoms with Gasteiger partial charge in [-0.2, -0.15) is 0 Å². The number of carbonyl (C=O) groups is 2. The molecule has 0 spiro atoms. The number of aryl methyl sites for hydroxylation is 1. The van der Waals surface area contributed by atoms with E-state index in [2.05, 4.69) is 0 Å². The van der Waals surface area contributed by atoms with Crippen LogP contribution in [-0.4, -0.2) is 35.0 Å². The maximum absolute atomic E-state index is 12.2. The second kappa shape index (κ2) is 6.19. The number of carboxylic acids is 1. The van der Waals surface area contributed by atoms with E-state index >= 15 is 0 Å². The molecule has 4 nitrogen and oxygen atoms in total. The SMILES string of the molecule is CCN(CC(C)C(=O)O)C(=O)c1ccc(C)cc1. The van der Waals surface area contributed by atoms with Crippen molar-refractivity contribution in [3.8, 4) is 0 Å². The number of aliphatic carboxylic acids is 1. The van der Waals surface area contributed by atoms with Gasteiger partial charge in [0.2, 0.25) is 0 Å².